The Kier molecular flexibility index (Phi) is 7.99. The van der Waals surface area contributed by atoms with Crippen molar-refractivity contribution in [2.75, 3.05) is 5.75 Å². The van der Waals surface area contributed by atoms with Gasteiger partial charge in [0.25, 0.3) is 20.2 Å². The Morgan fingerprint density at radius 1 is 1.00 bits per heavy atom. The molecule has 0 aromatic heterocycles. The minimum atomic E-state index is -5.30. The van der Waals surface area contributed by atoms with Crippen molar-refractivity contribution < 1.29 is 68.5 Å². The van der Waals surface area contributed by atoms with Crippen LogP contribution in [0.1, 0.15) is 12.8 Å². The molecule has 17 heavy (non-hydrogen) atoms. The van der Waals surface area contributed by atoms with E-state index in [1.54, 1.807) is 0 Å². The molecule has 0 saturated heterocycles. The molecule has 0 spiro atoms. The summed E-state index contributed by atoms with van der Waals surface area (Å²) in [7, 11) is -14.8. The second-order valence-electron chi connectivity index (χ2n) is 2.87. The van der Waals surface area contributed by atoms with E-state index in [2.05, 4.69) is 0 Å². The minimum absolute atomic E-state index is 0. The average Bonchev–Trinajstić information content (AvgIpc) is 1.90. The molecule has 2 N–H and O–H groups in total. The van der Waals surface area contributed by atoms with Crippen LogP contribution in [0.15, 0.2) is 0 Å². The van der Waals surface area contributed by atoms with Crippen LogP contribution in [-0.4, -0.2) is 49.2 Å². The van der Waals surface area contributed by atoms with E-state index in [0.717, 1.165) is 0 Å². The first-order valence-corrected chi connectivity index (χ1v) is 8.28. The van der Waals surface area contributed by atoms with Gasteiger partial charge in [0.15, 0.2) is 4.58 Å². The fourth-order valence-electron chi connectivity index (χ4n) is 0.875. The first-order chi connectivity index (χ1) is 6.84. The van der Waals surface area contributed by atoms with Crippen LogP contribution in [0.2, 0.25) is 0 Å². The molecular formula is C4H9NaO9S3. The summed E-state index contributed by atoms with van der Waals surface area (Å²) in [5.74, 6) is -0.908. The third-order valence-electron chi connectivity index (χ3n) is 1.50. The van der Waals surface area contributed by atoms with Crippen molar-refractivity contribution in [3.8, 4) is 0 Å². The van der Waals surface area contributed by atoms with Crippen molar-refractivity contribution in [3.63, 3.8) is 0 Å². The topological polar surface area (TPSA) is 166 Å². The van der Waals surface area contributed by atoms with Crippen molar-refractivity contribution in [2.24, 2.45) is 0 Å². The summed E-state index contributed by atoms with van der Waals surface area (Å²) in [5, 5.41) is 0. The van der Waals surface area contributed by atoms with Gasteiger partial charge in [0.05, 0.1) is 5.75 Å². The Labute approximate surface area is 121 Å². The van der Waals surface area contributed by atoms with Gasteiger partial charge in [0.2, 0.25) is 0 Å². The number of hydrogen-bond acceptors (Lipinski definition) is 7. The SMILES string of the molecule is O=S(=O)(O)CCCC(S(=O)(=O)[O-])S(=O)(=O)O.[Na+]. The molecule has 0 saturated carbocycles. The minimum Gasteiger partial charge on any atom is -0.747 e. The molecule has 1 atom stereocenters. The van der Waals surface area contributed by atoms with Crippen LogP contribution in [0.25, 0.3) is 0 Å². The van der Waals surface area contributed by atoms with Gasteiger partial charge in [-0.15, -0.1) is 0 Å². The quantitative estimate of drug-likeness (QED) is 0.361. The van der Waals surface area contributed by atoms with Crippen molar-refractivity contribution >= 4 is 30.4 Å². The molecule has 9 nitrogen and oxygen atoms in total. The van der Waals surface area contributed by atoms with E-state index in [9.17, 15) is 29.8 Å². The maximum atomic E-state index is 10.5. The fraction of sp³-hybridized carbons (Fsp3) is 1.00. The van der Waals surface area contributed by atoms with Crippen LogP contribution in [-0.2, 0) is 30.4 Å². The van der Waals surface area contributed by atoms with Crippen molar-refractivity contribution in [1.82, 2.24) is 0 Å². The van der Waals surface area contributed by atoms with E-state index in [0.29, 0.717) is 0 Å². The van der Waals surface area contributed by atoms with E-state index < -0.39 is 53.5 Å². The zero-order chi connectivity index (χ0) is 13.2. The van der Waals surface area contributed by atoms with E-state index in [1.165, 1.54) is 0 Å². The second-order valence-corrected chi connectivity index (χ2v) is 7.89. The Morgan fingerprint density at radius 3 is 1.65 bits per heavy atom. The fourth-order valence-corrected chi connectivity index (χ4v) is 3.52. The average molecular weight is 320 g/mol. The van der Waals surface area contributed by atoms with E-state index in [-0.39, 0.29) is 29.6 Å². The Hall–Kier alpha value is 0.730. The Morgan fingerprint density at radius 2 is 1.41 bits per heavy atom. The van der Waals surface area contributed by atoms with Gasteiger partial charge in [-0.3, -0.25) is 9.11 Å². The normalized spacial score (nSPS) is 15.0. The molecule has 98 valence electrons. The van der Waals surface area contributed by atoms with Crippen LogP contribution >= 0.6 is 0 Å². The Bertz CT molecular complexity index is 497. The standard InChI is InChI=1S/C4H10O9S3.Na/c5-14(6,7)3-1-2-4(15(8,9)10)16(11,12)13;/h4H,1-3H2,(H,5,6,7)(H,8,9,10)(H,11,12,13);/q;+1/p-1. The van der Waals surface area contributed by atoms with Gasteiger partial charge in [0.1, 0.15) is 10.1 Å². The molecule has 0 aromatic carbocycles. The van der Waals surface area contributed by atoms with Crippen LogP contribution in [0.3, 0.4) is 0 Å². The molecule has 0 amide bonds. The summed E-state index contributed by atoms with van der Waals surface area (Å²) in [6.07, 6.45) is -1.50. The zero-order valence-electron chi connectivity index (χ0n) is 8.68. The summed E-state index contributed by atoms with van der Waals surface area (Å²) < 4.78 is 86.8. The largest absolute Gasteiger partial charge is 1.00 e. The van der Waals surface area contributed by atoms with Gasteiger partial charge < -0.3 is 4.55 Å². The predicted molar refractivity (Wildman–Crippen MR) is 50.7 cm³/mol. The monoisotopic (exact) mass is 320 g/mol. The third kappa shape index (κ3) is 9.32. The van der Waals surface area contributed by atoms with Crippen molar-refractivity contribution in [2.45, 2.75) is 17.4 Å². The number of rotatable bonds is 6. The molecule has 0 bridgehead atoms. The predicted octanol–water partition coefficient (Wildman–Crippen LogP) is -4.58. The first-order valence-electron chi connectivity index (χ1n) is 3.70. The van der Waals surface area contributed by atoms with E-state index in [1.807, 2.05) is 0 Å². The molecule has 0 aliphatic rings. The molecule has 0 aromatic rings. The summed E-state index contributed by atoms with van der Waals surface area (Å²) in [5.41, 5.74) is 0. The van der Waals surface area contributed by atoms with Crippen molar-refractivity contribution in [1.29, 1.82) is 0 Å². The summed E-state index contributed by atoms with van der Waals surface area (Å²) in [6, 6.07) is 0. The smallest absolute Gasteiger partial charge is 0.747 e. The van der Waals surface area contributed by atoms with Gasteiger partial charge in [-0.05, 0) is 12.8 Å². The van der Waals surface area contributed by atoms with Gasteiger partial charge >= 0.3 is 29.6 Å². The molecule has 0 rings (SSSR count). The number of hydrogen-bond donors (Lipinski definition) is 2. The van der Waals surface area contributed by atoms with E-state index >= 15 is 0 Å². The van der Waals surface area contributed by atoms with Gasteiger partial charge in [-0.25, -0.2) is 8.42 Å². The van der Waals surface area contributed by atoms with Crippen LogP contribution in [0.5, 0.6) is 0 Å². The molecular weight excluding hydrogens is 311 g/mol. The second kappa shape index (κ2) is 6.77. The molecule has 0 heterocycles. The molecule has 0 aliphatic carbocycles. The first kappa shape index (κ1) is 20.1. The maximum absolute atomic E-state index is 10.5. The van der Waals surface area contributed by atoms with Crippen molar-refractivity contribution in [3.05, 3.63) is 0 Å². The maximum Gasteiger partial charge on any atom is 1.00 e. The molecule has 0 radical (unpaired) electrons. The van der Waals surface area contributed by atoms with E-state index in [4.69, 9.17) is 9.11 Å². The van der Waals surface area contributed by atoms with Crippen LogP contribution < -0.4 is 29.6 Å². The molecule has 0 fully saturated rings. The van der Waals surface area contributed by atoms with Gasteiger partial charge in [-0.2, -0.15) is 16.8 Å². The molecule has 0 aliphatic heterocycles. The van der Waals surface area contributed by atoms with Crippen LogP contribution in [0.4, 0.5) is 0 Å². The van der Waals surface area contributed by atoms with Gasteiger partial charge in [-0.1, -0.05) is 0 Å². The summed E-state index contributed by atoms with van der Waals surface area (Å²) >= 11 is 0. The molecule has 13 heteroatoms. The van der Waals surface area contributed by atoms with Crippen LogP contribution in [0, 0.1) is 0 Å². The summed E-state index contributed by atoms with van der Waals surface area (Å²) in [4.78, 5) is 0. The Balaban J connectivity index is 0. The third-order valence-corrected chi connectivity index (χ3v) is 5.52. The zero-order valence-corrected chi connectivity index (χ0v) is 13.1. The summed E-state index contributed by atoms with van der Waals surface area (Å²) in [6.45, 7) is 0. The van der Waals surface area contributed by atoms with Gasteiger partial charge in [0, 0.05) is 0 Å². The molecule has 1 unspecified atom stereocenters.